The molecule has 2 aromatic heterocycles. The third kappa shape index (κ3) is 4.91. The Labute approximate surface area is 182 Å². The van der Waals surface area contributed by atoms with Crippen LogP contribution in [0.15, 0.2) is 24.5 Å². The maximum absolute atomic E-state index is 13.9. The Morgan fingerprint density at radius 3 is 2.74 bits per heavy atom. The Balaban J connectivity index is 1.97. The third-order valence-electron chi connectivity index (χ3n) is 4.41. The number of amides is 1. The average molecular weight is 447 g/mol. The summed E-state index contributed by atoms with van der Waals surface area (Å²) in [6.45, 7) is 7.64. The number of hydrogen-bond donors (Lipinski definition) is 2. The topological polar surface area (TPSA) is 102 Å². The van der Waals surface area contributed by atoms with Crippen molar-refractivity contribution < 1.29 is 23.5 Å². The minimum Gasteiger partial charge on any atom is -0.479 e. The molecule has 2 heterocycles. The molecule has 3 rings (SSSR count). The van der Waals surface area contributed by atoms with E-state index in [1.807, 2.05) is 0 Å². The minimum absolute atomic E-state index is 0.156. The summed E-state index contributed by atoms with van der Waals surface area (Å²) in [5.74, 6) is -0.654. The maximum atomic E-state index is 13.9. The van der Waals surface area contributed by atoms with Gasteiger partial charge in [0.2, 0.25) is 0 Å². The van der Waals surface area contributed by atoms with Crippen molar-refractivity contribution in [2.24, 2.45) is 0 Å². The minimum atomic E-state index is -0.828. The maximum Gasteiger partial charge on any atom is 0.348 e. The summed E-state index contributed by atoms with van der Waals surface area (Å²) in [5.41, 5.74) is 1.10. The van der Waals surface area contributed by atoms with E-state index in [1.165, 1.54) is 35.9 Å². The quantitative estimate of drug-likeness (QED) is 0.505. The number of carbonyl (C=O) groups is 2. The highest BCUT2D eigenvalue weighted by Gasteiger charge is 2.22. The van der Waals surface area contributed by atoms with Gasteiger partial charge in [0.15, 0.2) is 6.10 Å². The van der Waals surface area contributed by atoms with Crippen LogP contribution in [0.2, 0.25) is 0 Å². The van der Waals surface area contributed by atoms with Crippen molar-refractivity contribution in [2.75, 3.05) is 18.5 Å². The van der Waals surface area contributed by atoms with Gasteiger partial charge >= 0.3 is 5.97 Å². The predicted octanol–water partition coefficient (Wildman–Crippen LogP) is 3.96. The fourth-order valence-corrected chi connectivity index (χ4v) is 3.99. The molecule has 10 heteroatoms. The van der Waals surface area contributed by atoms with Gasteiger partial charge in [-0.3, -0.25) is 4.79 Å². The number of halogens is 1. The average Bonchev–Trinajstić information content (AvgIpc) is 3.08. The van der Waals surface area contributed by atoms with Gasteiger partial charge < -0.3 is 20.1 Å². The normalized spacial score (nSPS) is 11.8. The highest BCUT2D eigenvalue weighted by molar-refractivity contribution is 7.20. The zero-order valence-corrected chi connectivity index (χ0v) is 18.4. The van der Waals surface area contributed by atoms with Crippen LogP contribution in [0.3, 0.4) is 0 Å². The number of anilines is 2. The lowest BCUT2D eigenvalue weighted by Gasteiger charge is -2.18. The second-order valence-electron chi connectivity index (χ2n) is 6.60. The van der Waals surface area contributed by atoms with Crippen LogP contribution in [0.5, 0.6) is 5.75 Å². The number of thiophene rings is 1. The molecule has 2 N–H and O–H groups in total. The lowest BCUT2D eigenvalue weighted by molar-refractivity contribution is -0.127. The lowest BCUT2D eigenvalue weighted by atomic mass is 10.2. The van der Waals surface area contributed by atoms with E-state index >= 15 is 0 Å². The number of nitrogens with one attached hydrogen (secondary N) is 2. The van der Waals surface area contributed by atoms with Gasteiger partial charge in [0.05, 0.1) is 17.7 Å². The molecule has 0 bridgehead atoms. The van der Waals surface area contributed by atoms with Gasteiger partial charge in [-0.05, 0) is 45.4 Å². The molecule has 0 spiro atoms. The molecule has 164 valence electrons. The Morgan fingerprint density at radius 1 is 1.26 bits per heavy atom. The largest absolute Gasteiger partial charge is 0.479 e. The zero-order chi connectivity index (χ0) is 22.5. The molecule has 0 aliphatic carbocycles. The van der Waals surface area contributed by atoms with Crippen LogP contribution in [0.25, 0.3) is 10.2 Å². The Morgan fingerprint density at radius 2 is 2.03 bits per heavy atom. The first kappa shape index (κ1) is 22.4. The summed E-state index contributed by atoms with van der Waals surface area (Å²) < 4.78 is 24.7. The molecule has 0 fully saturated rings. The predicted molar refractivity (Wildman–Crippen MR) is 117 cm³/mol. The number of carbonyl (C=O) groups excluding carboxylic acids is 2. The van der Waals surface area contributed by atoms with Crippen LogP contribution in [-0.4, -0.2) is 41.1 Å². The number of rotatable bonds is 8. The van der Waals surface area contributed by atoms with Crippen molar-refractivity contribution in [1.29, 1.82) is 0 Å². The fraction of sp³-hybridized carbons (Fsp3) is 0.333. The number of aryl methyl sites for hydroxylation is 1. The van der Waals surface area contributed by atoms with E-state index in [4.69, 9.17) is 9.47 Å². The molecule has 8 nitrogen and oxygen atoms in total. The summed E-state index contributed by atoms with van der Waals surface area (Å²) in [5, 5.41) is 6.44. The highest BCUT2D eigenvalue weighted by atomic mass is 32.1. The summed E-state index contributed by atoms with van der Waals surface area (Å²) in [4.78, 5) is 33.9. The Bertz CT molecular complexity index is 1120. The van der Waals surface area contributed by atoms with Crippen LogP contribution in [0.1, 0.15) is 36.0 Å². The molecule has 0 aliphatic heterocycles. The van der Waals surface area contributed by atoms with Gasteiger partial charge in [-0.2, -0.15) is 0 Å². The first-order valence-corrected chi connectivity index (χ1v) is 10.6. The molecular weight excluding hydrogens is 423 g/mol. The van der Waals surface area contributed by atoms with Crippen LogP contribution in [-0.2, 0) is 9.53 Å². The number of aromatic nitrogens is 2. The van der Waals surface area contributed by atoms with E-state index in [-0.39, 0.29) is 18.3 Å². The molecule has 1 unspecified atom stereocenters. The molecule has 3 aromatic rings. The van der Waals surface area contributed by atoms with Crippen LogP contribution < -0.4 is 15.4 Å². The number of benzene rings is 1. The molecule has 1 aromatic carbocycles. The lowest BCUT2D eigenvalue weighted by Crippen LogP contribution is -2.36. The Kier molecular flexibility index (Phi) is 7.01. The van der Waals surface area contributed by atoms with Crippen molar-refractivity contribution in [3.05, 3.63) is 40.8 Å². The molecule has 1 amide bonds. The van der Waals surface area contributed by atoms with Gasteiger partial charge in [-0.1, -0.05) is 0 Å². The molecule has 0 saturated carbocycles. The fourth-order valence-electron chi connectivity index (χ4n) is 2.94. The molecule has 0 radical (unpaired) electrons. The van der Waals surface area contributed by atoms with Crippen molar-refractivity contribution in [3.8, 4) is 5.75 Å². The smallest absolute Gasteiger partial charge is 0.348 e. The third-order valence-corrected chi connectivity index (χ3v) is 5.59. The first-order chi connectivity index (χ1) is 14.8. The van der Waals surface area contributed by atoms with Crippen molar-refractivity contribution in [3.63, 3.8) is 0 Å². The highest BCUT2D eigenvalue weighted by Crippen LogP contribution is 2.37. The van der Waals surface area contributed by atoms with E-state index < -0.39 is 17.9 Å². The summed E-state index contributed by atoms with van der Waals surface area (Å²) >= 11 is 1.21. The van der Waals surface area contributed by atoms with E-state index in [0.29, 0.717) is 38.7 Å². The van der Waals surface area contributed by atoms with E-state index in [9.17, 15) is 14.0 Å². The summed E-state index contributed by atoms with van der Waals surface area (Å²) in [6, 6.07) is 3.97. The van der Waals surface area contributed by atoms with E-state index in [2.05, 4.69) is 20.6 Å². The van der Waals surface area contributed by atoms with Gasteiger partial charge in [0.1, 0.15) is 33.4 Å². The number of nitrogens with zero attached hydrogens (tertiary/aromatic N) is 2. The van der Waals surface area contributed by atoms with Crippen molar-refractivity contribution >= 4 is 44.9 Å². The van der Waals surface area contributed by atoms with E-state index in [1.54, 1.807) is 27.7 Å². The molecule has 0 saturated heterocycles. The van der Waals surface area contributed by atoms with Gasteiger partial charge in [0, 0.05) is 12.6 Å². The monoisotopic (exact) mass is 446 g/mol. The van der Waals surface area contributed by atoms with Crippen molar-refractivity contribution in [1.82, 2.24) is 15.3 Å². The molecule has 1 atom stereocenters. The second-order valence-corrected chi connectivity index (χ2v) is 7.60. The Hall–Kier alpha value is -3.27. The van der Waals surface area contributed by atoms with E-state index in [0.717, 1.165) is 0 Å². The van der Waals surface area contributed by atoms with Crippen LogP contribution >= 0.6 is 11.3 Å². The van der Waals surface area contributed by atoms with Crippen LogP contribution in [0, 0.1) is 12.7 Å². The molecular formula is C21H23FN4O4S. The summed E-state index contributed by atoms with van der Waals surface area (Å²) in [6.07, 6.45) is 0.544. The number of hydrogen-bond acceptors (Lipinski definition) is 8. The molecule has 31 heavy (non-hydrogen) atoms. The van der Waals surface area contributed by atoms with Gasteiger partial charge in [-0.25, -0.2) is 19.2 Å². The first-order valence-electron chi connectivity index (χ1n) is 9.77. The number of ether oxygens (including phenoxy) is 2. The molecule has 0 aliphatic rings. The number of esters is 1. The number of fused-ring (bicyclic) bond motifs is 1. The SMILES string of the molecule is CCNC(=O)C(C)Oc1cc(F)ccc1Nc1ncnc2sc(C(=O)OCC)c(C)c12. The van der Waals surface area contributed by atoms with Crippen molar-refractivity contribution in [2.45, 2.75) is 33.8 Å². The van der Waals surface area contributed by atoms with Crippen LogP contribution in [0.4, 0.5) is 15.9 Å². The summed E-state index contributed by atoms with van der Waals surface area (Å²) in [7, 11) is 0. The number of likely N-dealkylation sites (N-methyl/N-ethyl adjacent to an activating group) is 1. The second kappa shape index (κ2) is 9.69. The van der Waals surface area contributed by atoms with Gasteiger partial charge in [-0.15, -0.1) is 11.3 Å². The van der Waals surface area contributed by atoms with Gasteiger partial charge in [0.25, 0.3) is 5.91 Å². The zero-order valence-electron chi connectivity index (χ0n) is 17.6. The standard InChI is InChI=1S/C21H23FN4O4S/c1-5-23-19(27)12(4)30-15-9-13(22)7-8-14(15)26-18-16-11(3)17(21(28)29-6-2)31-20(16)25-10-24-18/h7-10,12H,5-6H2,1-4H3,(H,23,27)(H,24,25,26).